The van der Waals surface area contributed by atoms with Gasteiger partial charge in [0, 0.05) is 45.8 Å². The van der Waals surface area contributed by atoms with Crippen LogP contribution < -0.4 is 0 Å². The summed E-state index contributed by atoms with van der Waals surface area (Å²) in [7, 11) is -0.738. The quantitative estimate of drug-likeness (QED) is 0.732. The molecular weight excluding hydrogens is 406 g/mol. The molecule has 0 unspecified atom stereocenters. The monoisotopic (exact) mass is 431 g/mol. The Bertz CT molecular complexity index is 856. The summed E-state index contributed by atoms with van der Waals surface area (Å²) in [6.45, 7) is 5.97. The minimum absolute atomic E-state index is 0.0462. The van der Waals surface area contributed by atoms with Gasteiger partial charge in [-0.3, -0.25) is 4.79 Å². The van der Waals surface area contributed by atoms with Crippen molar-refractivity contribution in [3.8, 4) is 0 Å². The Labute approximate surface area is 171 Å². The van der Waals surface area contributed by atoms with Crippen LogP contribution in [0.25, 0.3) is 0 Å². The first-order valence-corrected chi connectivity index (χ1v) is 10.6. The van der Waals surface area contributed by atoms with Crippen molar-refractivity contribution in [1.82, 2.24) is 14.1 Å². The summed E-state index contributed by atoms with van der Waals surface area (Å²) in [5.74, 6) is -0.317. The number of halogens is 1. The van der Waals surface area contributed by atoms with E-state index in [1.54, 1.807) is 34.9 Å². The number of nitrogens with zero attached hydrogens (tertiary/aromatic N) is 3. The molecule has 1 aliphatic heterocycles. The van der Waals surface area contributed by atoms with Crippen LogP contribution in [0, 0.1) is 0 Å². The lowest BCUT2D eigenvalue weighted by molar-refractivity contribution is 0.0192. The maximum atomic E-state index is 13.0. The van der Waals surface area contributed by atoms with E-state index in [0.717, 1.165) is 0 Å². The average molecular weight is 432 g/mol. The molecule has 0 bridgehead atoms. The Kier molecular flexibility index (Phi) is 6.62. The normalized spacial score (nSPS) is 16.0. The fourth-order valence-electron chi connectivity index (χ4n) is 2.67. The molecule has 0 atom stereocenters. The molecule has 0 aliphatic carbocycles. The van der Waals surface area contributed by atoms with Crippen LogP contribution in [0.3, 0.4) is 0 Å². The lowest BCUT2D eigenvalue weighted by Crippen LogP contribution is -2.51. The third-order valence-corrected chi connectivity index (χ3v) is 6.47. The molecule has 8 nitrogen and oxygen atoms in total. The van der Waals surface area contributed by atoms with Gasteiger partial charge in [0.25, 0.3) is 5.91 Å². The molecule has 10 heteroatoms. The van der Waals surface area contributed by atoms with Gasteiger partial charge in [-0.05, 0) is 39.0 Å². The maximum Gasteiger partial charge on any atom is 0.410 e. The van der Waals surface area contributed by atoms with E-state index in [-0.39, 0.29) is 47.6 Å². The van der Waals surface area contributed by atoms with Crippen molar-refractivity contribution >= 4 is 33.6 Å². The van der Waals surface area contributed by atoms with Crippen molar-refractivity contribution in [2.75, 3.05) is 40.3 Å². The first kappa shape index (κ1) is 22.4. The molecular formula is C18H26ClN3O5S. The van der Waals surface area contributed by atoms with Crippen molar-refractivity contribution in [1.29, 1.82) is 0 Å². The maximum absolute atomic E-state index is 13.0. The smallest absolute Gasteiger partial charge is 0.410 e. The number of piperazine rings is 1. The number of amides is 2. The zero-order valence-electron chi connectivity index (χ0n) is 16.7. The lowest BCUT2D eigenvalue weighted by Gasteiger charge is -2.35. The average Bonchev–Trinajstić information content (AvgIpc) is 2.60. The molecule has 0 aromatic heterocycles. The number of carbonyl (C=O) groups excluding carboxylic acids is 2. The van der Waals surface area contributed by atoms with Gasteiger partial charge in [0.15, 0.2) is 0 Å². The second-order valence-electron chi connectivity index (χ2n) is 7.72. The van der Waals surface area contributed by atoms with Gasteiger partial charge in [0.2, 0.25) is 10.0 Å². The predicted molar refractivity (Wildman–Crippen MR) is 106 cm³/mol. The van der Waals surface area contributed by atoms with Gasteiger partial charge >= 0.3 is 6.09 Å². The van der Waals surface area contributed by atoms with Crippen molar-refractivity contribution in [2.45, 2.75) is 31.3 Å². The van der Waals surface area contributed by atoms with E-state index >= 15 is 0 Å². The lowest BCUT2D eigenvalue weighted by atomic mass is 10.2. The molecule has 0 saturated carbocycles. The Morgan fingerprint density at radius 2 is 1.68 bits per heavy atom. The topological polar surface area (TPSA) is 87.2 Å². The molecule has 1 aromatic rings. The molecule has 1 saturated heterocycles. The molecule has 1 heterocycles. The van der Waals surface area contributed by atoms with Crippen LogP contribution in [0.4, 0.5) is 4.79 Å². The van der Waals surface area contributed by atoms with Gasteiger partial charge in [-0.25, -0.2) is 13.2 Å². The molecule has 0 radical (unpaired) electrons. The predicted octanol–water partition coefficient (Wildman–Crippen LogP) is 2.28. The number of rotatable bonds is 3. The Morgan fingerprint density at radius 1 is 1.11 bits per heavy atom. The van der Waals surface area contributed by atoms with Gasteiger partial charge in [0.1, 0.15) is 10.5 Å². The van der Waals surface area contributed by atoms with E-state index in [2.05, 4.69) is 0 Å². The van der Waals surface area contributed by atoms with E-state index in [4.69, 9.17) is 16.3 Å². The third kappa shape index (κ3) is 5.15. The highest BCUT2D eigenvalue weighted by Gasteiger charge is 2.33. The van der Waals surface area contributed by atoms with Crippen molar-refractivity contribution < 1.29 is 22.7 Å². The summed E-state index contributed by atoms with van der Waals surface area (Å²) in [4.78, 5) is 27.0. The van der Waals surface area contributed by atoms with Crippen LogP contribution >= 0.6 is 11.6 Å². The summed E-state index contributed by atoms with van der Waals surface area (Å²) >= 11 is 6.12. The fourth-order valence-corrected chi connectivity index (χ4v) is 4.59. The molecule has 28 heavy (non-hydrogen) atoms. The molecule has 1 aliphatic rings. The van der Waals surface area contributed by atoms with Crippen LogP contribution in [0.5, 0.6) is 0 Å². The Morgan fingerprint density at radius 3 is 2.18 bits per heavy atom. The molecule has 1 aromatic carbocycles. The highest BCUT2D eigenvalue weighted by Crippen LogP contribution is 2.27. The highest BCUT2D eigenvalue weighted by atomic mass is 35.5. The van der Waals surface area contributed by atoms with Gasteiger partial charge < -0.3 is 14.5 Å². The van der Waals surface area contributed by atoms with Crippen LogP contribution in [0.2, 0.25) is 5.02 Å². The SMILES string of the molecule is CN(C)C(=O)c1ccc(Cl)c(S(=O)(=O)N2CCN(C(=O)OC(C)(C)C)CC2)c1. The number of sulfonamides is 1. The molecule has 2 rings (SSSR count). The molecule has 2 amide bonds. The number of carbonyl (C=O) groups is 2. The molecule has 156 valence electrons. The summed E-state index contributed by atoms with van der Waals surface area (Å²) in [5.41, 5.74) is -0.381. The molecule has 0 spiro atoms. The first-order chi connectivity index (χ1) is 12.8. The number of hydrogen-bond donors (Lipinski definition) is 0. The summed E-state index contributed by atoms with van der Waals surface area (Å²) < 4.78 is 32.7. The van der Waals surface area contributed by atoms with E-state index in [0.29, 0.717) is 0 Å². The summed E-state index contributed by atoms with van der Waals surface area (Å²) in [6.07, 6.45) is -0.471. The van der Waals surface area contributed by atoms with Crippen molar-refractivity contribution in [2.24, 2.45) is 0 Å². The van der Waals surface area contributed by atoms with Crippen LogP contribution in [-0.4, -0.2) is 80.4 Å². The number of ether oxygens (including phenoxy) is 1. The van der Waals surface area contributed by atoms with E-state index in [1.165, 1.54) is 32.3 Å². The summed E-state index contributed by atoms with van der Waals surface area (Å²) in [6, 6.07) is 4.19. The standard InChI is InChI=1S/C18H26ClN3O5S/c1-18(2,3)27-17(24)21-8-10-22(11-9-21)28(25,26)15-12-13(6-7-14(15)19)16(23)20(4)5/h6-7,12H,8-11H2,1-5H3. The van der Waals surface area contributed by atoms with Gasteiger partial charge in [0.05, 0.1) is 5.02 Å². The largest absolute Gasteiger partial charge is 0.444 e. The third-order valence-electron chi connectivity index (χ3n) is 4.09. The van der Waals surface area contributed by atoms with Crippen molar-refractivity contribution in [3.05, 3.63) is 28.8 Å². The van der Waals surface area contributed by atoms with Gasteiger partial charge in [-0.15, -0.1) is 0 Å². The molecule has 0 N–H and O–H groups in total. The Balaban J connectivity index is 2.18. The number of hydrogen-bond acceptors (Lipinski definition) is 5. The van der Waals surface area contributed by atoms with Crippen LogP contribution in [0.15, 0.2) is 23.1 Å². The zero-order chi connectivity index (χ0) is 21.3. The minimum Gasteiger partial charge on any atom is -0.444 e. The second kappa shape index (κ2) is 8.26. The first-order valence-electron chi connectivity index (χ1n) is 8.82. The zero-order valence-corrected chi connectivity index (χ0v) is 18.3. The second-order valence-corrected chi connectivity index (χ2v) is 10.0. The van der Waals surface area contributed by atoms with Crippen molar-refractivity contribution in [3.63, 3.8) is 0 Å². The highest BCUT2D eigenvalue weighted by molar-refractivity contribution is 7.89. The van der Waals surface area contributed by atoms with Crippen LogP contribution in [0.1, 0.15) is 31.1 Å². The minimum atomic E-state index is -3.91. The van der Waals surface area contributed by atoms with Gasteiger partial charge in [-0.1, -0.05) is 11.6 Å². The van der Waals surface area contributed by atoms with E-state index in [1.807, 2.05) is 0 Å². The van der Waals surface area contributed by atoms with E-state index in [9.17, 15) is 18.0 Å². The van der Waals surface area contributed by atoms with Gasteiger partial charge in [-0.2, -0.15) is 4.31 Å². The number of benzene rings is 1. The van der Waals surface area contributed by atoms with E-state index < -0.39 is 21.7 Å². The molecule has 1 fully saturated rings. The van der Waals surface area contributed by atoms with Crippen LogP contribution in [-0.2, 0) is 14.8 Å². The summed E-state index contributed by atoms with van der Waals surface area (Å²) in [5, 5.41) is 0.0462. The fraction of sp³-hybridized carbons (Fsp3) is 0.556. The Hall–Kier alpha value is -1.84.